The summed E-state index contributed by atoms with van der Waals surface area (Å²) in [7, 11) is 1.82. The van der Waals surface area contributed by atoms with Crippen LogP contribution in [0.15, 0.2) is 6.33 Å². The number of aliphatic hydroxyl groups excluding tert-OH is 1. The molecular weight excluding hydrogens is 282 g/mol. The quantitative estimate of drug-likeness (QED) is 0.844. The fraction of sp³-hybridized carbons (Fsp3) is 0.769. The van der Waals surface area contributed by atoms with Gasteiger partial charge in [-0.3, -0.25) is 4.79 Å². The zero-order valence-electron chi connectivity index (χ0n) is 12.1. The van der Waals surface area contributed by atoms with E-state index in [1.807, 2.05) is 7.05 Å². The molecule has 0 unspecified atom stereocenters. The molecule has 0 radical (unpaired) electrons. The normalized spacial score (nSPS) is 26.0. The predicted octanol–water partition coefficient (Wildman–Crippen LogP) is 0.831. The van der Waals surface area contributed by atoms with Crippen LogP contribution in [0.5, 0.6) is 0 Å². The molecule has 118 valence electrons. The summed E-state index contributed by atoms with van der Waals surface area (Å²) in [4.78, 5) is 11.4. The maximum atomic E-state index is 13.2. The van der Waals surface area contributed by atoms with Crippen LogP contribution in [0.2, 0.25) is 0 Å². The van der Waals surface area contributed by atoms with Crippen LogP contribution in [0.25, 0.3) is 0 Å². The van der Waals surface area contributed by atoms with Crippen molar-refractivity contribution in [3.8, 4) is 0 Å². The van der Waals surface area contributed by atoms with Crippen LogP contribution in [0.1, 0.15) is 37.9 Å². The molecule has 0 aliphatic heterocycles. The Kier molecular flexibility index (Phi) is 4.55. The minimum atomic E-state index is -3.35. The van der Waals surface area contributed by atoms with Crippen LogP contribution >= 0.6 is 0 Å². The summed E-state index contributed by atoms with van der Waals surface area (Å²) in [5.74, 6) is -4.09. The highest BCUT2D eigenvalue weighted by Crippen LogP contribution is 2.37. The summed E-state index contributed by atoms with van der Waals surface area (Å²) in [6, 6.07) is 0. The van der Waals surface area contributed by atoms with Crippen LogP contribution < -0.4 is 5.32 Å². The summed E-state index contributed by atoms with van der Waals surface area (Å²) in [5.41, 5.74) is 0. The number of amides is 1. The van der Waals surface area contributed by atoms with Crippen molar-refractivity contribution in [3.05, 3.63) is 12.2 Å². The average Bonchev–Trinajstić information content (AvgIpc) is 3.02. The van der Waals surface area contributed by atoms with Gasteiger partial charge in [-0.25, -0.2) is 0 Å². The number of nitrogens with zero attached hydrogens (tertiary/aromatic N) is 3. The Hall–Kier alpha value is -1.57. The lowest BCUT2D eigenvalue weighted by Gasteiger charge is -2.18. The molecule has 1 aliphatic carbocycles. The first-order valence-corrected chi connectivity index (χ1v) is 7.03. The number of nitrogens with one attached hydrogen (secondary N) is 1. The Bertz CT molecular complexity index is 506. The van der Waals surface area contributed by atoms with Gasteiger partial charge in [0.15, 0.2) is 0 Å². The van der Waals surface area contributed by atoms with Gasteiger partial charge in [-0.1, -0.05) is 6.92 Å². The average molecular weight is 302 g/mol. The number of hydrogen-bond donors (Lipinski definition) is 2. The number of halogens is 2. The zero-order chi connectivity index (χ0) is 15.6. The molecule has 2 rings (SSSR count). The van der Waals surface area contributed by atoms with Gasteiger partial charge < -0.3 is 15.0 Å². The number of carbonyl (C=O) groups is 1. The minimum absolute atomic E-state index is 0.0288. The van der Waals surface area contributed by atoms with Gasteiger partial charge in [0.1, 0.15) is 12.2 Å². The van der Waals surface area contributed by atoms with E-state index in [0.717, 1.165) is 5.82 Å². The minimum Gasteiger partial charge on any atom is -0.393 e. The van der Waals surface area contributed by atoms with Crippen molar-refractivity contribution in [2.45, 2.75) is 44.1 Å². The van der Waals surface area contributed by atoms with E-state index in [1.165, 1.54) is 6.92 Å². The number of rotatable bonds is 5. The Morgan fingerprint density at radius 3 is 2.86 bits per heavy atom. The van der Waals surface area contributed by atoms with E-state index in [2.05, 4.69) is 15.5 Å². The molecule has 1 aromatic heterocycles. The molecule has 0 bridgehead atoms. The van der Waals surface area contributed by atoms with E-state index in [-0.39, 0.29) is 18.4 Å². The van der Waals surface area contributed by atoms with Crippen LogP contribution in [0.4, 0.5) is 8.78 Å². The van der Waals surface area contributed by atoms with Gasteiger partial charge in [0, 0.05) is 31.8 Å². The number of aryl methyl sites for hydroxylation is 1. The lowest BCUT2D eigenvalue weighted by molar-refractivity contribution is -0.146. The molecule has 3 atom stereocenters. The molecule has 1 aliphatic rings. The second-order valence-electron chi connectivity index (χ2n) is 5.56. The standard InChI is InChI=1S/C13H20F2N4O2/c1-3-13(14,15)12(21)16-6-9-4-8(5-10(9)20)11-18-17-7-19(11)2/h7-10,20H,3-6H2,1-2H3,(H,16,21)/t8-,9+,10+/m0/s1. The third-order valence-electron chi connectivity index (χ3n) is 4.07. The topological polar surface area (TPSA) is 80.0 Å². The fourth-order valence-electron chi connectivity index (χ4n) is 2.71. The van der Waals surface area contributed by atoms with Crippen molar-refractivity contribution in [2.24, 2.45) is 13.0 Å². The molecule has 21 heavy (non-hydrogen) atoms. The second-order valence-corrected chi connectivity index (χ2v) is 5.56. The number of aromatic nitrogens is 3. The molecule has 2 N–H and O–H groups in total. The summed E-state index contributed by atoms with van der Waals surface area (Å²) in [6.07, 6.45) is 1.50. The van der Waals surface area contributed by atoms with Gasteiger partial charge in [-0.15, -0.1) is 10.2 Å². The molecule has 0 aromatic carbocycles. The monoisotopic (exact) mass is 302 g/mol. The zero-order valence-corrected chi connectivity index (χ0v) is 12.1. The van der Waals surface area contributed by atoms with Gasteiger partial charge in [0.25, 0.3) is 5.91 Å². The largest absolute Gasteiger partial charge is 0.393 e. The lowest BCUT2D eigenvalue weighted by atomic mass is 10.0. The van der Waals surface area contributed by atoms with Crippen LogP contribution in [-0.4, -0.2) is 44.3 Å². The first-order valence-electron chi connectivity index (χ1n) is 7.03. The molecule has 1 aromatic rings. The van der Waals surface area contributed by atoms with Crippen molar-refractivity contribution in [1.82, 2.24) is 20.1 Å². The van der Waals surface area contributed by atoms with E-state index >= 15 is 0 Å². The van der Waals surface area contributed by atoms with Crippen LogP contribution in [0, 0.1) is 5.92 Å². The number of carbonyl (C=O) groups excluding carboxylic acids is 1. The number of hydrogen-bond acceptors (Lipinski definition) is 4. The molecule has 1 heterocycles. The van der Waals surface area contributed by atoms with Crippen LogP contribution in [0.3, 0.4) is 0 Å². The van der Waals surface area contributed by atoms with Gasteiger partial charge in [-0.05, 0) is 12.8 Å². The van der Waals surface area contributed by atoms with E-state index in [4.69, 9.17) is 0 Å². The molecule has 6 nitrogen and oxygen atoms in total. The molecule has 1 amide bonds. The molecule has 0 spiro atoms. The first kappa shape index (κ1) is 15.8. The first-order chi connectivity index (χ1) is 9.85. The maximum Gasteiger partial charge on any atom is 0.324 e. The lowest BCUT2D eigenvalue weighted by Crippen LogP contribution is -2.42. The Balaban J connectivity index is 1.91. The molecular formula is C13H20F2N4O2. The highest BCUT2D eigenvalue weighted by molar-refractivity contribution is 5.83. The number of alkyl halides is 2. The van der Waals surface area contributed by atoms with Gasteiger partial charge in [0.2, 0.25) is 0 Å². The van der Waals surface area contributed by atoms with E-state index < -0.39 is 24.4 Å². The third kappa shape index (κ3) is 3.37. The number of aliphatic hydroxyl groups is 1. The Morgan fingerprint density at radius 2 is 2.29 bits per heavy atom. The summed E-state index contributed by atoms with van der Waals surface area (Å²) in [5, 5.41) is 20.1. The fourth-order valence-corrected chi connectivity index (χ4v) is 2.71. The summed E-state index contributed by atoms with van der Waals surface area (Å²) < 4.78 is 28.1. The van der Waals surface area contributed by atoms with Gasteiger partial charge in [0.05, 0.1) is 6.10 Å². The molecule has 1 saturated carbocycles. The van der Waals surface area contributed by atoms with Crippen molar-refractivity contribution in [3.63, 3.8) is 0 Å². The molecule has 1 fully saturated rings. The van der Waals surface area contributed by atoms with Crippen molar-refractivity contribution in [2.75, 3.05) is 6.54 Å². The molecule has 0 saturated heterocycles. The predicted molar refractivity (Wildman–Crippen MR) is 70.7 cm³/mol. The van der Waals surface area contributed by atoms with Crippen molar-refractivity contribution in [1.29, 1.82) is 0 Å². The van der Waals surface area contributed by atoms with E-state index in [9.17, 15) is 18.7 Å². The Labute approximate surface area is 121 Å². The van der Waals surface area contributed by atoms with Crippen molar-refractivity contribution >= 4 is 5.91 Å². The maximum absolute atomic E-state index is 13.2. The van der Waals surface area contributed by atoms with E-state index in [0.29, 0.717) is 12.8 Å². The summed E-state index contributed by atoms with van der Waals surface area (Å²) in [6.45, 7) is 1.30. The van der Waals surface area contributed by atoms with Crippen LogP contribution in [-0.2, 0) is 11.8 Å². The Morgan fingerprint density at radius 1 is 1.57 bits per heavy atom. The smallest absolute Gasteiger partial charge is 0.324 e. The summed E-state index contributed by atoms with van der Waals surface area (Å²) >= 11 is 0. The van der Waals surface area contributed by atoms with E-state index in [1.54, 1.807) is 10.9 Å². The van der Waals surface area contributed by atoms with Crippen molar-refractivity contribution < 1.29 is 18.7 Å². The van der Waals surface area contributed by atoms with Gasteiger partial charge in [-0.2, -0.15) is 8.78 Å². The highest BCUT2D eigenvalue weighted by Gasteiger charge is 2.39. The van der Waals surface area contributed by atoms with Gasteiger partial charge >= 0.3 is 5.92 Å². The SMILES string of the molecule is CCC(F)(F)C(=O)NC[C@H]1C[C@H](c2nncn2C)C[C@H]1O. The third-order valence-corrected chi connectivity index (χ3v) is 4.07. The molecule has 8 heteroatoms. The highest BCUT2D eigenvalue weighted by atomic mass is 19.3. The second kappa shape index (κ2) is 6.05.